The zero-order chi connectivity index (χ0) is 24.7. The highest BCUT2D eigenvalue weighted by atomic mass is 32.1. The van der Waals surface area contributed by atoms with Crippen LogP contribution in [0.15, 0.2) is 29.1 Å². The standard InChI is InChI=1S/C23H23F3N4O4S/c1-29-18(13-7-10-33-11-8-13)28-20-17(21(29)31)27-19(35-20)16-6-3-9-30(16)22(32)34-15-5-2-4-14(12-15)23(24,25)26/h2,4-5,12-13,16H,3,6-11H2,1H3. The van der Waals surface area contributed by atoms with Crippen LogP contribution in [0.1, 0.15) is 54.0 Å². The number of rotatable bonds is 3. The van der Waals surface area contributed by atoms with Crippen molar-refractivity contribution < 1.29 is 27.4 Å². The summed E-state index contributed by atoms with van der Waals surface area (Å²) in [5, 5.41) is 0.562. The lowest BCUT2D eigenvalue weighted by molar-refractivity contribution is -0.137. The van der Waals surface area contributed by atoms with E-state index in [1.165, 1.54) is 32.9 Å². The molecule has 4 heterocycles. The van der Waals surface area contributed by atoms with Crippen molar-refractivity contribution in [3.05, 3.63) is 51.0 Å². The first-order chi connectivity index (χ1) is 16.7. The van der Waals surface area contributed by atoms with Crippen LogP contribution < -0.4 is 10.3 Å². The highest BCUT2D eigenvalue weighted by Gasteiger charge is 2.35. The Morgan fingerprint density at radius 3 is 2.71 bits per heavy atom. The van der Waals surface area contributed by atoms with Gasteiger partial charge in [-0.2, -0.15) is 13.2 Å². The molecule has 186 valence electrons. The van der Waals surface area contributed by atoms with Crippen molar-refractivity contribution in [2.75, 3.05) is 19.8 Å². The number of carbonyl (C=O) groups is 1. The number of likely N-dealkylation sites (tertiary alicyclic amines) is 1. The minimum atomic E-state index is -4.54. The Labute approximate surface area is 202 Å². The van der Waals surface area contributed by atoms with E-state index in [9.17, 15) is 22.8 Å². The van der Waals surface area contributed by atoms with Gasteiger partial charge in [-0.25, -0.2) is 14.8 Å². The molecule has 2 aromatic heterocycles. The SMILES string of the molecule is Cn1c(C2CCOCC2)nc2sc(C3CCCN3C(=O)Oc3cccc(C(F)(F)F)c3)nc2c1=O. The van der Waals surface area contributed by atoms with Gasteiger partial charge in [0, 0.05) is 32.7 Å². The fraction of sp³-hybridized carbons (Fsp3) is 0.478. The molecular weight excluding hydrogens is 485 g/mol. The van der Waals surface area contributed by atoms with Gasteiger partial charge in [-0.15, -0.1) is 0 Å². The highest BCUT2D eigenvalue weighted by Crippen LogP contribution is 2.37. The molecule has 1 unspecified atom stereocenters. The van der Waals surface area contributed by atoms with E-state index >= 15 is 0 Å². The Morgan fingerprint density at radius 2 is 1.97 bits per heavy atom. The number of halogens is 3. The van der Waals surface area contributed by atoms with Crippen molar-refractivity contribution in [3.63, 3.8) is 0 Å². The van der Waals surface area contributed by atoms with Crippen molar-refractivity contribution in [2.45, 2.75) is 43.8 Å². The van der Waals surface area contributed by atoms with Gasteiger partial charge < -0.3 is 9.47 Å². The Hall–Kier alpha value is -2.99. The molecule has 0 spiro atoms. The summed E-state index contributed by atoms with van der Waals surface area (Å²) >= 11 is 1.26. The maximum atomic E-state index is 13.0. The lowest BCUT2D eigenvalue weighted by Gasteiger charge is -2.22. The van der Waals surface area contributed by atoms with E-state index in [0.29, 0.717) is 48.3 Å². The molecule has 12 heteroatoms. The van der Waals surface area contributed by atoms with Gasteiger partial charge in [-0.05, 0) is 43.9 Å². The van der Waals surface area contributed by atoms with Gasteiger partial charge >= 0.3 is 12.3 Å². The van der Waals surface area contributed by atoms with Crippen LogP contribution in [0.25, 0.3) is 10.3 Å². The predicted molar refractivity (Wildman–Crippen MR) is 122 cm³/mol. The highest BCUT2D eigenvalue weighted by molar-refractivity contribution is 7.18. The second-order valence-electron chi connectivity index (χ2n) is 8.67. The number of fused-ring (bicyclic) bond motifs is 1. The van der Waals surface area contributed by atoms with E-state index in [-0.39, 0.29) is 22.7 Å². The first kappa shape index (κ1) is 23.7. The van der Waals surface area contributed by atoms with Gasteiger partial charge in [0.25, 0.3) is 5.56 Å². The Kier molecular flexibility index (Phi) is 6.26. The lowest BCUT2D eigenvalue weighted by atomic mass is 9.99. The fourth-order valence-electron chi connectivity index (χ4n) is 4.59. The molecule has 0 bridgehead atoms. The van der Waals surface area contributed by atoms with Crippen LogP contribution in [0, 0.1) is 0 Å². The number of carbonyl (C=O) groups excluding carboxylic acids is 1. The summed E-state index contributed by atoms with van der Waals surface area (Å²) in [5.74, 6) is 0.645. The van der Waals surface area contributed by atoms with Gasteiger partial charge in [0.1, 0.15) is 16.6 Å². The Bertz CT molecular complexity index is 1320. The topological polar surface area (TPSA) is 86.6 Å². The number of amides is 1. The number of ether oxygens (including phenoxy) is 2. The van der Waals surface area contributed by atoms with Gasteiger partial charge in [-0.3, -0.25) is 14.3 Å². The number of aromatic nitrogens is 3. The molecule has 35 heavy (non-hydrogen) atoms. The van der Waals surface area contributed by atoms with E-state index in [1.54, 1.807) is 7.05 Å². The van der Waals surface area contributed by atoms with E-state index < -0.39 is 23.9 Å². The Balaban J connectivity index is 1.41. The van der Waals surface area contributed by atoms with Gasteiger partial charge in [0.2, 0.25) is 0 Å². The molecule has 1 amide bonds. The van der Waals surface area contributed by atoms with Crippen molar-refractivity contribution in [1.29, 1.82) is 0 Å². The first-order valence-electron chi connectivity index (χ1n) is 11.3. The second kappa shape index (κ2) is 9.23. The first-order valence-corrected chi connectivity index (χ1v) is 12.1. The summed E-state index contributed by atoms with van der Waals surface area (Å²) in [7, 11) is 1.69. The van der Waals surface area contributed by atoms with Crippen molar-refractivity contribution >= 4 is 27.8 Å². The molecule has 2 saturated heterocycles. The molecule has 0 aliphatic carbocycles. The minimum absolute atomic E-state index is 0.127. The molecule has 0 saturated carbocycles. The van der Waals surface area contributed by atoms with E-state index in [4.69, 9.17) is 14.5 Å². The number of benzene rings is 1. The summed E-state index contributed by atoms with van der Waals surface area (Å²) in [5.41, 5.74) is -0.884. The smallest absolute Gasteiger partial charge is 0.410 e. The summed E-state index contributed by atoms with van der Waals surface area (Å²) in [6.07, 6.45) is -2.44. The van der Waals surface area contributed by atoms with Gasteiger partial charge in [0.15, 0.2) is 10.3 Å². The van der Waals surface area contributed by atoms with Crippen LogP contribution >= 0.6 is 11.3 Å². The van der Waals surface area contributed by atoms with Gasteiger partial charge in [-0.1, -0.05) is 17.4 Å². The number of nitrogens with zero attached hydrogens (tertiary/aromatic N) is 4. The normalized spacial score (nSPS) is 19.4. The van der Waals surface area contributed by atoms with Crippen LogP contribution in [0.2, 0.25) is 0 Å². The molecule has 1 aromatic carbocycles. The van der Waals surface area contributed by atoms with Gasteiger partial charge in [0.05, 0.1) is 11.6 Å². The number of hydrogen-bond acceptors (Lipinski definition) is 7. The van der Waals surface area contributed by atoms with E-state index in [0.717, 1.165) is 25.0 Å². The summed E-state index contributed by atoms with van der Waals surface area (Å²) in [4.78, 5) is 37.1. The maximum Gasteiger partial charge on any atom is 0.416 e. The Morgan fingerprint density at radius 1 is 1.20 bits per heavy atom. The van der Waals surface area contributed by atoms with E-state index in [2.05, 4.69) is 4.98 Å². The summed E-state index contributed by atoms with van der Waals surface area (Å²) < 4.78 is 51.2. The predicted octanol–water partition coefficient (Wildman–Crippen LogP) is 4.64. The molecule has 5 rings (SSSR count). The monoisotopic (exact) mass is 508 g/mol. The zero-order valence-corrected chi connectivity index (χ0v) is 19.7. The third kappa shape index (κ3) is 4.64. The van der Waals surface area contributed by atoms with Crippen LogP contribution in [0.3, 0.4) is 0 Å². The van der Waals surface area contributed by atoms with Crippen molar-refractivity contribution in [1.82, 2.24) is 19.4 Å². The molecule has 2 aliphatic rings. The summed E-state index contributed by atoms with van der Waals surface area (Å²) in [6, 6.07) is 3.77. The second-order valence-corrected chi connectivity index (χ2v) is 9.68. The molecular formula is C23H23F3N4O4S. The number of alkyl halides is 3. The molecule has 1 atom stereocenters. The molecule has 2 aliphatic heterocycles. The van der Waals surface area contributed by atoms with Crippen LogP contribution in [-0.4, -0.2) is 45.3 Å². The number of thiazole rings is 1. The molecule has 3 aromatic rings. The zero-order valence-electron chi connectivity index (χ0n) is 18.9. The molecule has 0 radical (unpaired) electrons. The largest absolute Gasteiger partial charge is 0.416 e. The van der Waals surface area contributed by atoms with Crippen molar-refractivity contribution in [3.8, 4) is 5.75 Å². The van der Waals surface area contributed by atoms with Crippen LogP contribution in [-0.2, 0) is 18.0 Å². The van der Waals surface area contributed by atoms with Crippen molar-refractivity contribution in [2.24, 2.45) is 7.05 Å². The number of hydrogen-bond donors (Lipinski definition) is 0. The third-order valence-electron chi connectivity index (χ3n) is 6.42. The maximum absolute atomic E-state index is 13.0. The average molecular weight is 509 g/mol. The molecule has 2 fully saturated rings. The lowest BCUT2D eigenvalue weighted by Crippen LogP contribution is -2.33. The molecule has 8 nitrogen and oxygen atoms in total. The van der Waals surface area contributed by atoms with Crippen LogP contribution in [0.5, 0.6) is 5.75 Å². The van der Waals surface area contributed by atoms with Crippen LogP contribution in [0.4, 0.5) is 18.0 Å². The minimum Gasteiger partial charge on any atom is -0.410 e. The third-order valence-corrected chi connectivity index (χ3v) is 7.47. The average Bonchev–Trinajstić information content (AvgIpc) is 3.49. The van der Waals surface area contributed by atoms with E-state index in [1.807, 2.05) is 0 Å². The summed E-state index contributed by atoms with van der Waals surface area (Å²) in [6.45, 7) is 1.62. The quantitative estimate of drug-likeness (QED) is 0.513. The fourth-order valence-corrected chi connectivity index (χ4v) is 5.67. The molecule has 0 N–H and O–H groups in total.